The molecule has 19 heavy (non-hydrogen) atoms. The van der Waals surface area contributed by atoms with Crippen molar-refractivity contribution in [2.75, 3.05) is 0 Å². The minimum Gasteiger partial charge on any atom is -0.476 e. The van der Waals surface area contributed by atoms with E-state index in [9.17, 15) is 14.4 Å². The van der Waals surface area contributed by atoms with Crippen LogP contribution in [-0.2, 0) is 16.1 Å². The van der Waals surface area contributed by atoms with Crippen molar-refractivity contribution in [3.05, 3.63) is 11.9 Å². The van der Waals surface area contributed by atoms with E-state index in [2.05, 4.69) is 15.6 Å². The molecule has 0 radical (unpaired) electrons. The molecule has 1 heterocycles. The van der Waals surface area contributed by atoms with Crippen LogP contribution in [0.5, 0.6) is 0 Å². The molecule has 9 heteroatoms. The van der Waals surface area contributed by atoms with Gasteiger partial charge in [0, 0.05) is 12.0 Å². The van der Waals surface area contributed by atoms with E-state index in [0.717, 1.165) is 10.9 Å². The van der Waals surface area contributed by atoms with Crippen LogP contribution >= 0.6 is 0 Å². The number of carbonyl (C=O) groups is 3. The molecule has 9 nitrogen and oxygen atoms in total. The average Bonchev–Trinajstić information content (AvgIpc) is 2.62. The van der Waals surface area contributed by atoms with Crippen LogP contribution in [0.1, 0.15) is 30.8 Å². The Balaban J connectivity index is 2.59. The number of hydrogen-bond donors (Lipinski definition) is 3. The Kier molecular flexibility index (Phi) is 4.20. The molecule has 0 aliphatic rings. The molecule has 1 aromatic rings. The Morgan fingerprint density at radius 3 is 2.58 bits per heavy atom. The van der Waals surface area contributed by atoms with Gasteiger partial charge >= 0.3 is 5.97 Å². The summed E-state index contributed by atoms with van der Waals surface area (Å²) in [6.07, 6.45) is 1.14. The van der Waals surface area contributed by atoms with Crippen LogP contribution in [0.25, 0.3) is 0 Å². The predicted octanol–water partition coefficient (Wildman–Crippen LogP) is -1.25. The Morgan fingerprint density at radius 2 is 2.11 bits per heavy atom. The van der Waals surface area contributed by atoms with Crippen LogP contribution in [0, 0.1) is 0 Å². The molecule has 1 rings (SSSR count). The molecule has 0 unspecified atom stereocenters. The molecule has 2 amide bonds. The van der Waals surface area contributed by atoms with Gasteiger partial charge in [0.25, 0.3) is 0 Å². The first kappa shape index (κ1) is 14.6. The summed E-state index contributed by atoms with van der Waals surface area (Å²) in [6, 6.07) is 0. The van der Waals surface area contributed by atoms with Crippen LogP contribution in [-0.4, -0.2) is 43.4 Å². The van der Waals surface area contributed by atoms with Crippen molar-refractivity contribution in [1.82, 2.24) is 20.3 Å². The summed E-state index contributed by atoms with van der Waals surface area (Å²) in [5, 5.41) is 18.1. The highest BCUT2D eigenvalue weighted by atomic mass is 16.4. The first-order chi connectivity index (χ1) is 8.69. The molecular weight excluding hydrogens is 254 g/mol. The fraction of sp³-hybridized carbons (Fsp3) is 0.500. The van der Waals surface area contributed by atoms with E-state index >= 15 is 0 Å². The Hall–Kier alpha value is -2.45. The number of hydrogen-bond acceptors (Lipinski definition) is 5. The van der Waals surface area contributed by atoms with E-state index in [1.54, 1.807) is 13.8 Å². The molecular formula is C10H15N5O4. The molecule has 0 aliphatic heterocycles. The highest BCUT2D eigenvalue weighted by molar-refractivity contribution is 5.85. The van der Waals surface area contributed by atoms with Gasteiger partial charge in [-0.1, -0.05) is 5.21 Å². The zero-order valence-corrected chi connectivity index (χ0v) is 10.6. The number of nitrogens with zero attached hydrogens (tertiary/aromatic N) is 3. The lowest BCUT2D eigenvalue weighted by atomic mass is 10.0. The highest BCUT2D eigenvalue weighted by Gasteiger charge is 2.23. The maximum atomic E-state index is 11.7. The summed E-state index contributed by atoms with van der Waals surface area (Å²) >= 11 is 0. The van der Waals surface area contributed by atoms with Crippen LogP contribution in [0.15, 0.2) is 6.20 Å². The topological polar surface area (TPSA) is 140 Å². The second-order valence-corrected chi connectivity index (χ2v) is 4.68. The third-order valence-corrected chi connectivity index (χ3v) is 2.16. The van der Waals surface area contributed by atoms with Gasteiger partial charge in [-0.15, -0.1) is 5.10 Å². The maximum absolute atomic E-state index is 11.7. The number of nitrogens with two attached hydrogens (primary N) is 1. The molecule has 0 saturated heterocycles. The maximum Gasteiger partial charge on any atom is 0.358 e. The van der Waals surface area contributed by atoms with E-state index in [-0.39, 0.29) is 18.7 Å². The summed E-state index contributed by atoms with van der Waals surface area (Å²) in [7, 11) is 0. The quantitative estimate of drug-likeness (QED) is 0.589. The molecule has 104 valence electrons. The molecule has 0 aromatic carbocycles. The minimum absolute atomic E-state index is 0.00350. The van der Waals surface area contributed by atoms with E-state index < -0.39 is 23.3 Å². The third kappa shape index (κ3) is 4.74. The van der Waals surface area contributed by atoms with Crippen molar-refractivity contribution in [2.24, 2.45) is 5.73 Å². The van der Waals surface area contributed by atoms with Crippen molar-refractivity contribution < 1.29 is 19.5 Å². The normalized spacial score (nSPS) is 11.1. The van der Waals surface area contributed by atoms with Gasteiger partial charge in [0.15, 0.2) is 5.69 Å². The highest BCUT2D eigenvalue weighted by Crippen LogP contribution is 2.07. The van der Waals surface area contributed by atoms with Crippen molar-refractivity contribution in [2.45, 2.75) is 32.4 Å². The number of aromatic nitrogens is 3. The first-order valence-corrected chi connectivity index (χ1v) is 5.42. The lowest BCUT2D eigenvalue weighted by Crippen LogP contribution is -2.47. The number of aromatic carboxylic acids is 1. The third-order valence-electron chi connectivity index (χ3n) is 2.16. The molecule has 0 saturated carbocycles. The zero-order valence-electron chi connectivity index (χ0n) is 10.6. The second kappa shape index (κ2) is 5.46. The SMILES string of the molecule is CC(C)(CC(N)=O)NC(=O)Cn1cc(C(=O)O)nn1. The summed E-state index contributed by atoms with van der Waals surface area (Å²) in [5.74, 6) is -2.17. The fourth-order valence-electron chi connectivity index (χ4n) is 1.52. The summed E-state index contributed by atoms with van der Waals surface area (Å²) < 4.78 is 1.10. The van der Waals surface area contributed by atoms with Gasteiger partial charge in [0.1, 0.15) is 6.54 Å². The van der Waals surface area contributed by atoms with Crippen molar-refractivity contribution in [3.63, 3.8) is 0 Å². The lowest BCUT2D eigenvalue weighted by molar-refractivity contribution is -0.124. The molecule has 0 atom stereocenters. The Morgan fingerprint density at radius 1 is 1.47 bits per heavy atom. The molecule has 1 aromatic heterocycles. The zero-order chi connectivity index (χ0) is 14.6. The number of carboxylic acids is 1. The van der Waals surface area contributed by atoms with Gasteiger partial charge in [-0.25, -0.2) is 9.48 Å². The van der Waals surface area contributed by atoms with Gasteiger partial charge in [-0.2, -0.15) is 0 Å². The van der Waals surface area contributed by atoms with Crippen molar-refractivity contribution in [3.8, 4) is 0 Å². The number of primary amides is 1. The Labute approximate surface area is 108 Å². The number of nitrogens with one attached hydrogen (secondary N) is 1. The number of carbonyl (C=O) groups excluding carboxylic acids is 2. The number of rotatable bonds is 6. The number of carboxylic acid groups (broad SMARTS) is 1. The molecule has 0 aliphatic carbocycles. The largest absolute Gasteiger partial charge is 0.476 e. The average molecular weight is 269 g/mol. The molecule has 0 bridgehead atoms. The van der Waals surface area contributed by atoms with E-state index in [1.807, 2.05) is 0 Å². The van der Waals surface area contributed by atoms with Gasteiger partial charge in [0.2, 0.25) is 11.8 Å². The minimum atomic E-state index is -1.22. The van der Waals surface area contributed by atoms with Gasteiger partial charge < -0.3 is 16.2 Å². The Bertz CT molecular complexity index is 508. The standard InChI is InChI=1S/C10H15N5O4/c1-10(2,3-7(11)16)12-8(17)5-15-4-6(9(18)19)13-14-15/h4H,3,5H2,1-2H3,(H2,11,16)(H,12,17)(H,18,19). The number of amides is 2. The fourth-order valence-corrected chi connectivity index (χ4v) is 1.52. The summed E-state index contributed by atoms with van der Waals surface area (Å²) in [6.45, 7) is 3.11. The van der Waals surface area contributed by atoms with E-state index in [1.165, 1.54) is 0 Å². The van der Waals surface area contributed by atoms with Crippen molar-refractivity contribution in [1.29, 1.82) is 0 Å². The molecule has 4 N–H and O–H groups in total. The molecule has 0 spiro atoms. The smallest absolute Gasteiger partial charge is 0.358 e. The van der Waals surface area contributed by atoms with Gasteiger partial charge in [0.05, 0.1) is 6.20 Å². The van der Waals surface area contributed by atoms with E-state index in [0.29, 0.717) is 0 Å². The van der Waals surface area contributed by atoms with Gasteiger partial charge in [-0.05, 0) is 13.8 Å². The van der Waals surface area contributed by atoms with Crippen LogP contribution < -0.4 is 11.1 Å². The second-order valence-electron chi connectivity index (χ2n) is 4.68. The first-order valence-electron chi connectivity index (χ1n) is 5.42. The van der Waals surface area contributed by atoms with Crippen LogP contribution in [0.2, 0.25) is 0 Å². The lowest BCUT2D eigenvalue weighted by Gasteiger charge is -2.24. The molecule has 0 fully saturated rings. The monoisotopic (exact) mass is 269 g/mol. The summed E-state index contributed by atoms with van der Waals surface area (Å²) in [4.78, 5) is 33.1. The van der Waals surface area contributed by atoms with Crippen LogP contribution in [0.3, 0.4) is 0 Å². The van der Waals surface area contributed by atoms with E-state index in [4.69, 9.17) is 10.8 Å². The predicted molar refractivity (Wildman–Crippen MR) is 63.0 cm³/mol. The van der Waals surface area contributed by atoms with Crippen molar-refractivity contribution >= 4 is 17.8 Å². The van der Waals surface area contributed by atoms with Crippen LogP contribution in [0.4, 0.5) is 0 Å². The van der Waals surface area contributed by atoms with Gasteiger partial charge in [-0.3, -0.25) is 9.59 Å². The summed E-state index contributed by atoms with van der Waals surface area (Å²) in [5.41, 5.74) is 4.04.